The van der Waals surface area contributed by atoms with E-state index in [2.05, 4.69) is 88.8 Å². The molecule has 0 aromatic heterocycles. The Bertz CT molecular complexity index is 1170. The third-order valence-corrected chi connectivity index (χ3v) is 7.77. The van der Waals surface area contributed by atoms with Gasteiger partial charge in [-0.05, 0) is 72.6 Å². The number of ether oxygens (including phenoxy) is 1. The average molecular weight is 484 g/mol. The van der Waals surface area contributed by atoms with E-state index in [1.54, 1.807) is 7.11 Å². The molecule has 2 aliphatic heterocycles. The van der Waals surface area contributed by atoms with E-state index in [-0.39, 0.29) is 18.1 Å². The molecule has 1 N–H and O–H groups in total. The van der Waals surface area contributed by atoms with Crippen LogP contribution < -0.4 is 10.1 Å². The molecule has 0 saturated carbocycles. The fraction of sp³-hybridized carbons (Fsp3) is 0.387. The summed E-state index contributed by atoms with van der Waals surface area (Å²) in [5.41, 5.74) is 6.39. The first kappa shape index (κ1) is 24.4. The van der Waals surface area contributed by atoms with E-state index in [1.807, 2.05) is 6.07 Å². The van der Waals surface area contributed by atoms with E-state index in [0.717, 1.165) is 51.1 Å². The maximum absolute atomic E-state index is 13.7. The minimum atomic E-state index is -0.0825. The van der Waals surface area contributed by atoms with Crippen molar-refractivity contribution in [3.63, 3.8) is 0 Å². The predicted molar refractivity (Wildman–Crippen MR) is 144 cm³/mol. The molecule has 3 aromatic rings. The lowest BCUT2D eigenvalue weighted by molar-refractivity contribution is 0.101. The molecule has 5 nitrogen and oxygen atoms in total. The van der Waals surface area contributed by atoms with E-state index >= 15 is 0 Å². The molecule has 0 bridgehead atoms. The first-order chi connectivity index (χ1) is 17.6. The summed E-state index contributed by atoms with van der Waals surface area (Å²) in [5, 5.41) is 3.24. The molecule has 1 unspecified atom stereocenters. The fourth-order valence-electron chi connectivity index (χ4n) is 5.78. The Morgan fingerprint density at radius 3 is 2.47 bits per heavy atom. The first-order valence-electron chi connectivity index (χ1n) is 13.2. The van der Waals surface area contributed by atoms with Gasteiger partial charge in [-0.25, -0.2) is 4.79 Å². The van der Waals surface area contributed by atoms with Crippen LogP contribution in [0.1, 0.15) is 53.1 Å². The summed E-state index contributed by atoms with van der Waals surface area (Å²) >= 11 is 0. The van der Waals surface area contributed by atoms with Crippen molar-refractivity contribution in [2.24, 2.45) is 0 Å². The minimum Gasteiger partial charge on any atom is -0.497 e. The molecule has 0 spiro atoms. The molecule has 0 aliphatic carbocycles. The number of carbonyl (C=O) groups is 1. The van der Waals surface area contributed by atoms with Crippen LogP contribution >= 0.6 is 0 Å². The van der Waals surface area contributed by atoms with Crippen LogP contribution in [0.25, 0.3) is 0 Å². The van der Waals surface area contributed by atoms with Gasteiger partial charge in [0.2, 0.25) is 0 Å². The molecule has 1 fully saturated rings. The average Bonchev–Trinajstić information content (AvgIpc) is 2.98. The molecule has 5 heteroatoms. The molecule has 0 radical (unpaired) electrons. The number of nitrogens with one attached hydrogen (secondary N) is 1. The normalized spacial score (nSPS) is 19.6. The Kier molecular flexibility index (Phi) is 7.57. The lowest BCUT2D eigenvalue weighted by Gasteiger charge is -2.43. The number of hydrogen-bond acceptors (Lipinski definition) is 3. The Hall–Kier alpha value is -3.31. The van der Waals surface area contributed by atoms with Crippen LogP contribution in [0.15, 0.2) is 72.8 Å². The quantitative estimate of drug-likeness (QED) is 0.505. The van der Waals surface area contributed by atoms with Gasteiger partial charge in [0.1, 0.15) is 5.75 Å². The predicted octanol–water partition coefficient (Wildman–Crippen LogP) is 5.72. The van der Waals surface area contributed by atoms with Gasteiger partial charge in [-0.15, -0.1) is 0 Å². The van der Waals surface area contributed by atoms with Gasteiger partial charge in [0.25, 0.3) is 0 Å². The molecule has 36 heavy (non-hydrogen) atoms. The number of rotatable bonds is 5. The highest BCUT2D eigenvalue weighted by Gasteiger charge is 2.36. The Morgan fingerprint density at radius 1 is 0.972 bits per heavy atom. The van der Waals surface area contributed by atoms with Crippen molar-refractivity contribution in [1.29, 1.82) is 0 Å². The van der Waals surface area contributed by atoms with Crippen molar-refractivity contribution < 1.29 is 9.53 Å². The monoisotopic (exact) mass is 483 g/mol. The molecule has 188 valence electrons. The molecule has 1 saturated heterocycles. The first-order valence-corrected chi connectivity index (χ1v) is 13.2. The lowest BCUT2D eigenvalue weighted by Crippen LogP contribution is -2.52. The highest BCUT2D eigenvalue weighted by molar-refractivity contribution is 5.76. The van der Waals surface area contributed by atoms with Crippen molar-refractivity contribution in [1.82, 2.24) is 15.1 Å². The van der Waals surface area contributed by atoms with Gasteiger partial charge in [-0.3, -0.25) is 4.90 Å². The topological polar surface area (TPSA) is 44.8 Å². The molecule has 3 aromatic carbocycles. The number of piperidine rings is 1. The number of carbonyl (C=O) groups excluding carboxylic acids is 1. The Labute approximate surface area is 215 Å². The summed E-state index contributed by atoms with van der Waals surface area (Å²) in [7, 11) is 1.71. The second-order valence-electron chi connectivity index (χ2n) is 10.1. The zero-order chi connectivity index (χ0) is 24.9. The van der Waals surface area contributed by atoms with Crippen LogP contribution in [-0.2, 0) is 13.0 Å². The highest BCUT2D eigenvalue weighted by atomic mass is 16.5. The molecular formula is C31H37N3O2. The fourth-order valence-corrected chi connectivity index (χ4v) is 5.78. The third kappa shape index (κ3) is 5.26. The summed E-state index contributed by atoms with van der Waals surface area (Å²) in [6.45, 7) is 5.74. The number of hydrogen-bond donors (Lipinski definition) is 1. The van der Waals surface area contributed by atoms with Gasteiger partial charge in [0.05, 0.1) is 13.2 Å². The molecule has 5 rings (SSSR count). The van der Waals surface area contributed by atoms with Gasteiger partial charge in [0, 0.05) is 32.2 Å². The summed E-state index contributed by atoms with van der Waals surface area (Å²) in [6.07, 6.45) is 3.87. The number of benzene rings is 3. The van der Waals surface area contributed by atoms with E-state index < -0.39 is 0 Å². The van der Waals surface area contributed by atoms with Gasteiger partial charge < -0.3 is 15.0 Å². The van der Waals surface area contributed by atoms with E-state index in [1.165, 1.54) is 27.8 Å². The second kappa shape index (κ2) is 11.2. The number of aryl methyl sites for hydroxylation is 2. The van der Waals surface area contributed by atoms with Crippen LogP contribution in [0, 0.1) is 6.92 Å². The Balaban J connectivity index is 1.40. The van der Waals surface area contributed by atoms with Crippen LogP contribution in [0.3, 0.4) is 0 Å². The van der Waals surface area contributed by atoms with Crippen LogP contribution in [0.4, 0.5) is 4.79 Å². The highest BCUT2D eigenvalue weighted by Crippen LogP contribution is 2.36. The van der Waals surface area contributed by atoms with Gasteiger partial charge in [-0.1, -0.05) is 60.7 Å². The molecule has 2 heterocycles. The largest absolute Gasteiger partial charge is 0.497 e. The van der Waals surface area contributed by atoms with Crippen molar-refractivity contribution in [2.75, 3.05) is 26.7 Å². The second-order valence-corrected chi connectivity index (χ2v) is 10.1. The van der Waals surface area contributed by atoms with Crippen molar-refractivity contribution in [3.05, 3.63) is 101 Å². The molecule has 2 amide bonds. The van der Waals surface area contributed by atoms with E-state index in [0.29, 0.717) is 6.54 Å². The maximum Gasteiger partial charge on any atom is 0.318 e. The summed E-state index contributed by atoms with van der Waals surface area (Å²) in [5.74, 6) is 0.904. The van der Waals surface area contributed by atoms with Crippen molar-refractivity contribution in [3.8, 4) is 5.75 Å². The van der Waals surface area contributed by atoms with Gasteiger partial charge in [-0.2, -0.15) is 0 Å². The van der Waals surface area contributed by atoms with Crippen LogP contribution in [0.5, 0.6) is 5.75 Å². The van der Waals surface area contributed by atoms with Crippen molar-refractivity contribution >= 4 is 6.03 Å². The lowest BCUT2D eigenvalue weighted by atomic mass is 9.89. The van der Waals surface area contributed by atoms with Crippen LogP contribution in [0.2, 0.25) is 0 Å². The maximum atomic E-state index is 13.7. The van der Waals surface area contributed by atoms with E-state index in [4.69, 9.17) is 4.74 Å². The van der Waals surface area contributed by atoms with Gasteiger partial charge in [0.15, 0.2) is 0 Å². The summed E-state index contributed by atoms with van der Waals surface area (Å²) < 4.78 is 5.37. The standard InChI is InChI=1S/C31H37N3O2/c1-23-21-28(36-2)15-14-26(23)22-33-19-16-27(17-20-33)34-30(25-10-4-3-5-11-25)29-13-7-6-9-24(29)12-8-18-32-31(34)35/h3-7,9-11,13-15,21,27,30H,8,12,16-20,22H2,1-2H3,(H,32,35). The number of likely N-dealkylation sites (tertiary alicyclic amines) is 1. The number of nitrogens with zero attached hydrogens (tertiary/aromatic N) is 2. The number of methoxy groups -OCH3 is 1. The zero-order valence-corrected chi connectivity index (χ0v) is 21.5. The number of amides is 2. The molecule has 1 atom stereocenters. The molecular weight excluding hydrogens is 446 g/mol. The number of urea groups is 1. The summed E-state index contributed by atoms with van der Waals surface area (Å²) in [4.78, 5) is 18.4. The van der Waals surface area contributed by atoms with Crippen molar-refractivity contribution in [2.45, 2.75) is 51.2 Å². The number of fused-ring (bicyclic) bond motifs is 1. The SMILES string of the molecule is COc1ccc(CN2CCC(N3C(=O)NCCCc4ccccc4C3c3ccccc3)CC2)c(C)c1. The smallest absolute Gasteiger partial charge is 0.318 e. The third-order valence-electron chi connectivity index (χ3n) is 7.77. The van der Waals surface area contributed by atoms with Gasteiger partial charge >= 0.3 is 6.03 Å². The minimum absolute atomic E-state index is 0.0602. The van der Waals surface area contributed by atoms with E-state index in [9.17, 15) is 4.79 Å². The summed E-state index contributed by atoms with van der Waals surface area (Å²) in [6, 6.07) is 25.7. The van der Waals surface area contributed by atoms with Crippen LogP contribution in [-0.4, -0.2) is 48.6 Å². The zero-order valence-electron chi connectivity index (χ0n) is 21.5. The Morgan fingerprint density at radius 2 is 1.72 bits per heavy atom. The molecule has 2 aliphatic rings.